The summed E-state index contributed by atoms with van der Waals surface area (Å²) in [5, 5.41) is 5.01. The van der Waals surface area contributed by atoms with Crippen LogP contribution in [0.4, 0.5) is 0 Å². The monoisotopic (exact) mass is 244 g/mol. The molecule has 6 heteroatoms. The van der Waals surface area contributed by atoms with Crippen molar-refractivity contribution in [2.45, 2.75) is 13.5 Å². The minimum atomic E-state index is -3.66. The van der Waals surface area contributed by atoms with Crippen molar-refractivity contribution in [3.8, 4) is 5.75 Å². The number of nitrogens with two attached hydrogens (primary N) is 1. The van der Waals surface area contributed by atoms with Crippen molar-refractivity contribution in [1.82, 2.24) is 4.31 Å². The van der Waals surface area contributed by atoms with Gasteiger partial charge in [-0.2, -0.15) is 12.7 Å². The molecule has 0 spiro atoms. The van der Waals surface area contributed by atoms with Crippen LogP contribution in [0.25, 0.3) is 0 Å². The fourth-order valence-electron chi connectivity index (χ4n) is 1.36. The Balaban J connectivity index is 3.00. The summed E-state index contributed by atoms with van der Waals surface area (Å²) in [5.74, 6) is 0.654. The van der Waals surface area contributed by atoms with E-state index in [0.717, 1.165) is 15.4 Å². The van der Waals surface area contributed by atoms with Crippen molar-refractivity contribution in [3.63, 3.8) is 0 Å². The summed E-state index contributed by atoms with van der Waals surface area (Å²) in [6, 6.07) is 5.58. The Morgan fingerprint density at radius 1 is 1.44 bits per heavy atom. The van der Waals surface area contributed by atoms with E-state index in [-0.39, 0.29) is 6.54 Å². The largest absolute Gasteiger partial charge is 0.496 e. The van der Waals surface area contributed by atoms with Crippen molar-refractivity contribution >= 4 is 10.2 Å². The molecule has 0 bridgehead atoms. The fraction of sp³-hybridized carbons (Fsp3) is 0.400. The van der Waals surface area contributed by atoms with Crippen LogP contribution in [0.1, 0.15) is 11.1 Å². The van der Waals surface area contributed by atoms with Crippen LogP contribution in [0, 0.1) is 6.92 Å². The van der Waals surface area contributed by atoms with Crippen LogP contribution in [-0.2, 0) is 16.8 Å². The van der Waals surface area contributed by atoms with Crippen LogP contribution in [0.5, 0.6) is 5.75 Å². The lowest BCUT2D eigenvalue weighted by atomic mass is 10.1. The minimum absolute atomic E-state index is 0.198. The maximum Gasteiger partial charge on any atom is 0.276 e. The van der Waals surface area contributed by atoms with Gasteiger partial charge in [0.15, 0.2) is 0 Å². The first-order chi connectivity index (χ1) is 7.34. The molecule has 1 aromatic rings. The highest BCUT2D eigenvalue weighted by Crippen LogP contribution is 2.21. The van der Waals surface area contributed by atoms with Gasteiger partial charge in [-0.3, -0.25) is 0 Å². The standard InChI is InChI=1S/C10H16N2O3S/c1-8-4-5-10(15-3)9(6-8)7-12(2)16(11,13)14/h4-6H,7H2,1-3H3,(H2,11,13,14). The van der Waals surface area contributed by atoms with E-state index < -0.39 is 10.2 Å². The van der Waals surface area contributed by atoms with Crippen molar-refractivity contribution in [1.29, 1.82) is 0 Å². The number of nitrogens with zero attached hydrogens (tertiary/aromatic N) is 1. The molecule has 90 valence electrons. The maximum absolute atomic E-state index is 11.1. The molecule has 1 aromatic carbocycles. The second-order valence-corrected chi connectivity index (χ2v) is 5.27. The van der Waals surface area contributed by atoms with Gasteiger partial charge in [-0.05, 0) is 13.0 Å². The van der Waals surface area contributed by atoms with Crippen molar-refractivity contribution in [2.24, 2.45) is 5.14 Å². The summed E-state index contributed by atoms with van der Waals surface area (Å²) in [5.41, 5.74) is 1.83. The Hall–Kier alpha value is -1.11. The third-order valence-corrected chi connectivity index (χ3v) is 3.26. The van der Waals surface area contributed by atoms with Gasteiger partial charge in [0.1, 0.15) is 5.75 Å². The second-order valence-electron chi connectivity index (χ2n) is 3.62. The Morgan fingerprint density at radius 3 is 2.56 bits per heavy atom. The van der Waals surface area contributed by atoms with Gasteiger partial charge >= 0.3 is 0 Å². The average Bonchev–Trinajstić information content (AvgIpc) is 2.16. The molecular weight excluding hydrogens is 228 g/mol. The van der Waals surface area contributed by atoms with Crippen LogP contribution in [0.2, 0.25) is 0 Å². The van der Waals surface area contributed by atoms with Crippen LogP contribution in [-0.4, -0.2) is 26.9 Å². The van der Waals surface area contributed by atoms with Gasteiger partial charge in [0, 0.05) is 19.2 Å². The lowest BCUT2D eigenvalue weighted by Crippen LogP contribution is -2.32. The smallest absolute Gasteiger partial charge is 0.276 e. The number of hydrogen-bond donors (Lipinski definition) is 1. The molecule has 0 radical (unpaired) electrons. The zero-order valence-corrected chi connectivity index (χ0v) is 10.4. The summed E-state index contributed by atoms with van der Waals surface area (Å²) < 4.78 is 28.4. The van der Waals surface area contributed by atoms with Gasteiger partial charge in [-0.25, -0.2) is 5.14 Å². The van der Waals surface area contributed by atoms with Gasteiger partial charge in [0.25, 0.3) is 10.2 Å². The zero-order valence-electron chi connectivity index (χ0n) is 9.60. The molecule has 1 rings (SSSR count). The quantitative estimate of drug-likeness (QED) is 0.844. The van der Waals surface area contributed by atoms with E-state index in [1.54, 1.807) is 7.11 Å². The molecule has 0 aromatic heterocycles. The third kappa shape index (κ3) is 3.19. The Kier molecular flexibility index (Phi) is 3.90. The molecule has 0 amide bonds. The summed E-state index contributed by atoms with van der Waals surface area (Å²) >= 11 is 0. The number of aryl methyl sites for hydroxylation is 1. The minimum Gasteiger partial charge on any atom is -0.496 e. The van der Waals surface area contributed by atoms with Crippen LogP contribution in [0.3, 0.4) is 0 Å². The number of ether oxygens (including phenoxy) is 1. The molecule has 0 fully saturated rings. The first kappa shape index (κ1) is 13.0. The van der Waals surface area contributed by atoms with Crippen LogP contribution in [0.15, 0.2) is 18.2 Å². The topological polar surface area (TPSA) is 72.6 Å². The van der Waals surface area contributed by atoms with Crippen molar-refractivity contribution < 1.29 is 13.2 Å². The molecule has 16 heavy (non-hydrogen) atoms. The number of benzene rings is 1. The van der Waals surface area contributed by atoms with Crippen molar-refractivity contribution in [3.05, 3.63) is 29.3 Å². The highest BCUT2D eigenvalue weighted by molar-refractivity contribution is 7.86. The highest BCUT2D eigenvalue weighted by atomic mass is 32.2. The van der Waals surface area contributed by atoms with E-state index in [1.165, 1.54) is 7.05 Å². The highest BCUT2D eigenvalue weighted by Gasteiger charge is 2.14. The van der Waals surface area contributed by atoms with E-state index in [0.29, 0.717) is 5.75 Å². The summed E-state index contributed by atoms with van der Waals surface area (Å²) in [4.78, 5) is 0. The Morgan fingerprint density at radius 2 is 2.06 bits per heavy atom. The number of rotatable bonds is 4. The van der Waals surface area contributed by atoms with E-state index in [4.69, 9.17) is 9.88 Å². The van der Waals surface area contributed by atoms with Gasteiger partial charge in [0.05, 0.1) is 7.11 Å². The fourth-order valence-corrected chi connectivity index (χ4v) is 1.68. The molecule has 0 saturated carbocycles. The van der Waals surface area contributed by atoms with E-state index >= 15 is 0 Å². The van der Waals surface area contributed by atoms with Crippen molar-refractivity contribution in [2.75, 3.05) is 14.2 Å². The normalized spacial score (nSPS) is 11.8. The van der Waals surface area contributed by atoms with E-state index in [9.17, 15) is 8.42 Å². The molecule has 0 aliphatic carbocycles. The third-order valence-electron chi connectivity index (χ3n) is 2.26. The molecule has 0 atom stereocenters. The molecule has 2 N–H and O–H groups in total. The Labute approximate surface area is 96.0 Å². The van der Waals surface area contributed by atoms with Gasteiger partial charge in [-0.15, -0.1) is 0 Å². The molecule has 0 saturated heterocycles. The molecule has 0 heterocycles. The van der Waals surface area contributed by atoms with Gasteiger partial charge in [-0.1, -0.05) is 17.7 Å². The van der Waals surface area contributed by atoms with Crippen LogP contribution >= 0.6 is 0 Å². The van der Waals surface area contributed by atoms with Gasteiger partial charge in [0.2, 0.25) is 0 Å². The zero-order chi connectivity index (χ0) is 12.3. The van der Waals surface area contributed by atoms with Gasteiger partial charge < -0.3 is 4.74 Å². The molecular formula is C10H16N2O3S. The molecule has 0 aliphatic rings. The second kappa shape index (κ2) is 4.82. The summed E-state index contributed by atoms with van der Waals surface area (Å²) in [7, 11) is -0.687. The number of hydrogen-bond acceptors (Lipinski definition) is 3. The van der Waals surface area contributed by atoms with E-state index in [2.05, 4.69) is 0 Å². The lowest BCUT2D eigenvalue weighted by molar-refractivity contribution is 0.398. The average molecular weight is 244 g/mol. The first-order valence-electron chi connectivity index (χ1n) is 4.72. The molecule has 5 nitrogen and oxygen atoms in total. The lowest BCUT2D eigenvalue weighted by Gasteiger charge is -2.16. The van der Waals surface area contributed by atoms with Crippen LogP contribution < -0.4 is 9.88 Å². The molecule has 0 unspecified atom stereocenters. The Bertz CT molecular complexity index is 471. The maximum atomic E-state index is 11.1. The summed E-state index contributed by atoms with van der Waals surface area (Å²) in [6.07, 6.45) is 0. The summed E-state index contributed by atoms with van der Waals surface area (Å²) in [6.45, 7) is 2.13. The number of methoxy groups -OCH3 is 1. The molecule has 0 aliphatic heterocycles. The SMILES string of the molecule is COc1ccc(C)cc1CN(C)S(N)(=O)=O. The van der Waals surface area contributed by atoms with E-state index in [1.807, 2.05) is 25.1 Å². The predicted molar refractivity (Wildman–Crippen MR) is 62.3 cm³/mol. The first-order valence-corrected chi connectivity index (χ1v) is 6.22. The predicted octanol–water partition coefficient (Wildman–Crippen LogP) is 0.639.